The van der Waals surface area contributed by atoms with Crippen molar-refractivity contribution in [2.75, 3.05) is 19.6 Å². The first-order chi connectivity index (χ1) is 17.4. The van der Waals surface area contributed by atoms with Gasteiger partial charge in [0.25, 0.3) is 5.69 Å². The van der Waals surface area contributed by atoms with Gasteiger partial charge in [0, 0.05) is 54.6 Å². The molecule has 0 radical (unpaired) electrons. The number of phenolic OH excluding ortho intramolecular Hbond substituents is 1. The van der Waals surface area contributed by atoms with Crippen LogP contribution in [0.1, 0.15) is 28.8 Å². The monoisotopic (exact) mass is 483 g/mol. The molecule has 1 aromatic heterocycles. The van der Waals surface area contributed by atoms with Gasteiger partial charge in [-0.15, -0.1) is 0 Å². The van der Waals surface area contributed by atoms with Gasteiger partial charge >= 0.3 is 0 Å². The summed E-state index contributed by atoms with van der Waals surface area (Å²) in [5, 5.41) is 35.0. The average molecular weight is 484 g/mol. The third-order valence-corrected chi connectivity index (χ3v) is 8.33. The van der Waals surface area contributed by atoms with Crippen LogP contribution in [0.5, 0.6) is 5.75 Å². The van der Waals surface area contributed by atoms with Gasteiger partial charge in [-0.3, -0.25) is 10.1 Å². The number of β-amino-alcohol motifs (C(OH)–C–C–N with tert-alkyl or cyclic N) is 1. The summed E-state index contributed by atoms with van der Waals surface area (Å²) < 4.78 is 0. The molecule has 36 heavy (non-hydrogen) atoms. The third kappa shape index (κ3) is 3.67. The van der Waals surface area contributed by atoms with Gasteiger partial charge in [-0.2, -0.15) is 0 Å². The Kier molecular flexibility index (Phi) is 5.35. The summed E-state index contributed by atoms with van der Waals surface area (Å²) in [5.41, 5.74) is 3.39. The van der Waals surface area contributed by atoms with E-state index >= 15 is 0 Å². The van der Waals surface area contributed by atoms with Crippen molar-refractivity contribution in [2.24, 2.45) is 0 Å². The lowest BCUT2D eigenvalue weighted by molar-refractivity contribution is -0.384. The highest BCUT2D eigenvalue weighted by Gasteiger charge is 2.57. The van der Waals surface area contributed by atoms with E-state index in [9.17, 15) is 20.3 Å². The summed E-state index contributed by atoms with van der Waals surface area (Å²) in [7, 11) is 0. The molecule has 3 N–H and O–H groups in total. The number of rotatable bonds is 5. The number of fused-ring (bicyclic) bond motifs is 4. The van der Waals surface area contributed by atoms with Gasteiger partial charge in [0.05, 0.1) is 16.0 Å². The minimum absolute atomic E-state index is 0.0482. The highest BCUT2D eigenvalue weighted by molar-refractivity contribution is 5.87. The van der Waals surface area contributed by atoms with Crippen molar-refractivity contribution in [1.82, 2.24) is 9.88 Å². The fourth-order valence-corrected chi connectivity index (χ4v) is 6.46. The molecule has 1 aliphatic carbocycles. The van der Waals surface area contributed by atoms with Crippen molar-refractivity contribution in [3.63, 3.8) is 0 Å². The van der Waals surface area contributed by atoms with E-state index in [4.69, 9.17) is 0 Å². The molecule has 0 spiro atoms. The predicted octanol–water partition coefficient (Wildman–Crippen LogP) is 4.50. The standard InChI is InChI=1S/C29H29N3O4/c33-23-8-4-7-21(15-23)28-12-14-31(13-11-20-5-2-1-3-6-20)19-29(28,34)17-25-24-10-9-22(32(35)36)16-26(24)30-27(25)18-28/h1-10,15-16,30,33-34H,11-14,17-19H2. The zero-order valence-electron chi connectivity index (χ0n) is 20.0. The summed E-state index contributed by atoms with van der Waals surface area (Å²) in [6, 6.07) is 22.6. The van der Waals surface area contributed by atoms with Crippen molar-refractivity contribution >= 4 is 16.6 Å². The second-order valence-corrected chi connectivity index (χ2v) is 10.3. The molecule has 0 saturated carbocycles. The summed E-state index contributed by atoms with van der Waals surface area (Å²) in [4.78, 5) is 16.7. The van der Waals surface area contributed by atoms with Crippen LogP contribution in [0, 0.1) is 10.1 Å². The number of hydrogen-bond acceptors (Lipinski definition) is 5. The Balaban J connectivity index is 1.40. The van der Waals surface area contributed by atoms with Crippen LogP contribution in [0.15, 0.2) is 72.8 Å². The number of aromatic amines is 1. The maximum Gasteiger partial charge on any atom is 0.271 e. The van der Waals surface area contributed by atoms with Crippen molar-refractivity contribution in [2.45, 2.75) is 36.7 Å². The molecule has 2 atom stereocenters. The van der Waals surface area contributed by atoms with Gasteiger partial charge in [-0.1, -0.05) is 42.5 Å². The summed E-state index contributed by atoms with van der Waals surface area (Å²) in [6.07, 6.45) is 2.68. The number of hydrogen-bond donors (Lipinski definition) is 3. The molecule has 2 unspecified atom stereocenters. The van der Waals surface area contributed by atoms with Crippen LogP contribution >= 0.6 is 0 Å². The Labute approximate surface area is 209 Å². The molecular weight excluding hydrogens is 454 g/mol. The molecule has 1 fully saturated rings. The second-order valence-electron chi connectivity index (χ2n) is 10.3. The number of nitrogens with one attached hydrogen (secondary N) is 1. The third-order valence-electron chi connectivity index (χ3n) is 8.33. The lowest BCUT2D eigenvalue weighted by Gasteiger charge is -2.56. The Morgan fingerprint density at radius 1 is 1.03 bits per heavy atom. The number of piperidine rings is 1. The van der Waals surface area contributed by atoms with Crippen LogP contribution in [-0.2, 0) is 24.7 Å². The van der Waals surface area contributed by atoms with Gasteiger partial charge < -0.3 is 20.1 Å². The number of phenols is 1. The Morgan fingerprint density at radius 2 is 1.86 bits per heavy atom. The number of nitrogens with zero attached hydrogens (tertiary/aromatic N) is 2. The van der Waals surface area contributed by atoms with Gasteiger partial charge in [0.2, 0.25) is 0 Å². The van der Waals surface area contributed by atoms with E-state index in [-0.39, 0.29) is 16.4 Å². The number of aromatic hydroxyl groups is 1. The first-order valence-electron chi connectivity index (χ1n) is 12.4. The molecule has 2 aliphatic rings. The highest BCUT2D eigenvalue weighted by Crippen LogP contribution is 2.52. The molecule has 1 aliphatic heterocycles. The highest BCUT2D eigenvalue weighted by atomic mass is 16.6. The summed E-state index contributed by atoms with van der Waals surface area (Å²) in [6.45, 7) is 2.22. The van der Waals surface area contributed by atoms with Crippen LogP contribution in [0.3, 0.4) is 0 Å². The maximum absolute atomic E-state index is 12.5. The van der Waals surface area contributed by atoms with E-state index in [1.54, 1.807) is 24.3 Å². The van der Waals surface area contributed by atoms with E-state index in [1.165, 1.54) is 11.6 Å². The molecule has 0 amide bonds. The lowest BCUT2D eigenvalue weighted by Crippen LogP contribution is -2.66. The van der Waals surface area contributed by atoms with E-state index in [0.29, 0.717) is 19.4 Å². The molecule has 4 aromatic rings. The number of H-pyrrole nitrogens is 1. The number of nitro benzene ring substituents is 1. The van der Waals surface area contributed by atoms with Gasteiger partial charge in [0.15, 0.2) is 0 Å². The fraction of sp³-hybridized carbons (Fsp3) is 0.310. The predicted molar refractivity (Wildman–Crippen MR) is 138 cm³/mol. The number of aromatic nitrogens is 1. The van der Waals surface area contributed by atoms with Crippen molar-refractivity contribution in [1.29, 1.82) is 0 Å². The van der Waals surface area contributed by atoms with E-state index in [1.807, 2.05) is 18.2 Å². The fourth-order valence-electron chi connectivity index (χ4n) is 6.46. The van der Waals surface area contributed by atoms with Crippen LogP contribution in [0.4, 0.5) is 5.69 Å². The molecule has 184 valence electrons. The first kappa shape index (κ1) is 22.8. The number of benzene rings is 3. The van der Waals surface area contributed by atoms with E-state index < -0.39 is 11.0 Å². The topological polar surface area (TPSA) is 103 Å². The van der Waals surface area contributed by atoms with E-state index in [0.717, 1.165) is 53.7 Å². The molecule has 1 saturated heterocycles. The maximum atomic E-state index is 12.5. The number of nitro groups is 1. The molecule has 7 heteroatoms. The van der Waals surface area contributed by atoms with Gasteiger partial charge in [-0.05, 0) is 54.3 Å². The molecule has 2 heterocycles. The largest absolute Gasteiger partial charge is 0.508 e. The quantitative estimate of drug-likeness (QED) is 0.287. The first-order valence-corrected chi connectivity index (χ1v) is 12.4. The SMILES string of the molecule is O=[N+]([O-])c1ccc2c3c([nH]c2c1)CC1(c2cccc(O)c2)CCN(CCc2ccccc2)CC1(O)C3. The molecule has 3 aromatic carbocycles. The minimum atomic E-state index is -1.06. The second kappa shape index (κ2) is 8.47. The normalized spacial score (nSPS) is 23.8. The average Bonchev–Trinajstić information content (AvgIpc) is 3.21. The minimum Gasteiger partial charge on any atom is -0.508 e. The molecule has 0 bridgehead atoms. The summed E-state index contributed by atoms with van der Waals surface area (Å²) in [5.74, 6) is 0.189. The number of non-ortho nitro benzene ring substituents is 1. The molecule has 6 rings (SSSR count). The van der Waals surface area contributed by atoms with Gasteiger partial charge in [-0.25, -0.2) is 0 Å². The smallest absolute Gasteiger partial charge is 0.271 e. The molecular formula is C29H29N3O4. The van der Waals surface area contributed by atoms with Crippen molar-refractivity contribution in [3.8, 4) is 5.75 Å². The lowest BCUT2D eigenvalue weighted by atomic mass is 9.56. The van der Waals surface area contributed by atoms with Crippen molar-refractivity contribution < 1.29 is 15.1 Å². The summed E-state index contributed by atoms with van der Waals surface area (Å²) >= 11 is 0. The van der Waals surface area contributed by atoms with Crippen LogP contribution < -0.4 is 0 Å². The van der Waals surface area contributed by atoms with Crippen LogP contribution in [-0.4, -0.2) is 50.3 Å². The number of aliphatic hydroxyl groups is 1. The Hall–Kier alpha value is -3.68. The Bertz CT molecular complexity index is 1450. The van der Waals surface area contributed by atoms with Crippen molar-refractivity contribution in [3.05, 3.63) is 105 Å². The van der Waals surface area contributed by atoms with Crippen LogP contribution in [0.2, 0.25) is 0 Å². The molecule has 7 nitrogen and oxygen atoms in total. The zero-order chi connectivity index (χ0) is 24.9. The van der Waals surface area contributed by atoms with Crippen LogP contribution in [0.25, 0.3) is 10.9 Å². The zero-order valence-corrected chi connectivity index (χ0v) is 20.0. The Morgan fingerprint density at radius 3 is 2.64 bits per heavy atom. The van der Waals surface area contributed by atoms with Gasteiger partial charge in [0.1, 0.15) is 5.75 Å². The number of likely N-dealkylation sites (tertiary alicyclic amines) is 1. The van der Waals surface area contributed by atoms with E-state index in [2.05, 4.69) is 34.1 Å².